The minimum Gasteiger partial charge on any atom is -0.499 e. The zero-order chi connectivity index (χ0) is 17.8. The Morgan fingerprint density at radius 1 is 1.46 bits per heavy atom. The first kappa shape index (κ1) is 20.1. The molecule has 0 amide bonds. The fraction of sp³-hybridized carbons (Fsp3) is 0.474. The normalized spacial score (nSPS) is 12.5. The summed E-state index contributed by atoms with van der Waals surface area (Å²) < 4.78 is 5.38. The van der Waals surface area contributed by atoms with Crippen LogP contribution in [-0.2, 0) is 11.3 Å². The van der Waals surface area contributed by atoms with Crippen molar-refractivity contribution in [3.63, 3.8) is 0 Å². The van der Waals surface area contributed by atoms with Crippen LogP contribution in [0.3, 0.4) is 0 Å². The molecule has 1 rings (SSSR count). The highest BCUT2D eigenvalue weighted by Gasteiger charge is 2.12. The third kappa shape index (κ3) is 7.06. The molecule has 0 saturated heterocycles. The van der Waals surface area contributed by atoms with Crippen LogP contribution in [0.25, 0.3) is 0 Å². The summed E-state index contributed by atoms with van der Waals surface area (Å²) in [4.78, 5) is 11.3. The third-order valence-corrected chi connectivity index (χ3v) is 3.84. The molecule has 2 N–H and O–H groups in total. The molecule has 0 aromatic carbocycles. The molecule has 0 saturated carbocycles. The van der Waals surface area contributed by atoms with Crippen LogP contribution < -0.4 is 5.73 Å². The molecular formula is C19H30N4O. The second-order valence-corrected chi connectivity index (χ2v) is 5.69. The second-order valence-electron chi connectivity index (χ2n) is 5.69. The molecule has 0 atom stereocenters. The number of unbranched alkanes of at least 4 members (excludes halogenated alkanes) is 1. The predicted molar refractivity (Wildman–Crippen MR) is 101 cm³/mol. The van der Waals surface area contributed by atoms with Crippen molar-refractivity contribution in [1.29, 1.82) is 0 Å². The van der Waals surface area contributed by atoms with E-state index in [1.165, 1.54) is 5.56 Å². The van der Waals surface area contributed by atoms with Crippen LogP contribution in [0.2, 0.25) is 0 Å². The van der Waals surface area contributed by atoms with Crippen molar-refractivity contribution in [2.45, 2.75) is 33.2 Å². The van der Waals surface area contributed by atoms with Crippen LogP contribution >= 0.6 is 0 Å². The van der Waals surface area contributed by atoms with E-state index in [2.05, 4.69) is 34.4 Å². The van der Waals surface area contributed by atoms with Gasteiger partial charge in [-0.2, -0.15) is 0 Å². The van der Waals surface area contributed by atoms with Crippen molar-refractivity contribution in [2.24, 2.45) is 10.7 Å². The Morgan fingerprint density at radius 3 is 2.88 bits per heavy atom. The molecule has 0 unspecified atom stereocenters. The van der Waals surface area contributed by atoms with Gasteiger partial charge in [0.1, 0.15) is 5.76 Å². The fourth-order valence-corrected chi connectivity index (χ4v) is 2.30. The average molecular weight is 330 g/mol. The maximum absolute atomic E-state index is 5.63. The van der Waals surface area contributed by atoms with Gasteiger partial charge in [-0.15, -0.1) is 0 Å². The van der Waals surface area contributed by atoms with E-state index in [4.69, 9.17) is 10.5 Å². The summed E-state index contributed by atoms with van der Waals surface area (Å²) in [6.07, 6.45) is 7.27. The SMILES string of the molecule is C=C/C=N\C(CN(CCCCN)Cc1ncccc1C)=C(/C)OC. The number of methoxy groups -OCH3 is 1. The van der Waals surface area contributed by atoms with Gasteiger partial charge in [-0.05, 0) is 51.4 Å². The number of allylic oxidation sites excluding steroid dienone is 2. The van der Waals surface area contributed by atoms with Crippen molar-refractivity contribution in [3.8, 4) is 0 Å². The number of nitrogens with zero attached hydrogens (tertiary/aromatic N) is 3. The number of ether oxygens (including phenoxy) is 1. The van der Waals surface area contributed by atoms with Crippen molar-refractivity contribution in [3.05, 3.63) is 53.7 Å². The Kier molecular flexibility index (Phi) is 9.65. The zero-order valence-corrected chi connectivity index (χ0v) is 15.2. The van der Waals surface area contributed by atoms with Gasteiger partial charge in [0.25, 0.3) is 0 Å². The van der Waals surface area contributed by atoms with Crippen LogP contribution in [0, 0.1) is 6.92 Å². The minimum atomic E-state index is 0.699. The molecule has 0 spiro atoms. The van der Waals surface area contributed by atoms with Crippen molar-refractivity contribution < 1.29 is 4.74 Å². The molecule has 0 aliphatic carbocycles. The summed E-state index contributed by atoms with van der Waals surface area (Å²) in [6.45, 7) is 10.8. The predicted octanol–water partition coefficient (Wildman–Crippen LogP) is 3.07. The van der Waals surface area contributed by atoms with E-state index < -0.39 is 0 Å². The molecular weight excluding hydrogens is 300 g/mol. The van der Waals surface area contributed by atoms with Gasteiger partial charge in [0.2, 0.25) is 0 Å². The summed E-state index contributed by atoms with van der Waals surface area (Å²) in [6, 6.07) is 4.06. The largest absolute Gasteiger partial charge is 0.499 e. The van der Waals surface area contributed by atoms with Gasteiger partial charge in [-0.1, -0.05) is 18.7 Å². The van der Waals surface area contributed by atoms with Crippen LogP contribution in [0.1, 0.15) is 31.0 Å². The summed E-state index contributed by atoms with van der Waals surface area (Å²) in [5.74, 6) is 0.815. The first-order valence-electron chi connectivity index (χ1n) is 8.34. The van der Waals surface area contributed by atoms with Crippen molar-refractivity contribution >= 4 is 6.21 Å². The van der Waals surface area contributed by atoms with Gasteiger partial charge in [0.15, 0.2) is 0 Å². The van der Waals surface area contributed by atoms with Crippen LogP contribution in [-0.4, -0.2) is 42.8 Å². The number of pyridine rings is 1. The van der Waals surface area contributed by atoms with Crippen LogP contribution in [0.15, 0.2) is 47.4 Å². The molecule has 0 aliphatic rings. The molecule has 1 aromatic heterocycles. The maximum atomic E-state index is 5.63. The Balaban J connectivity index is 2.92. The summed E-state index contributed by atoms with van der Waals surface area (Å²) >= 11 is 0. The first-order valence-corrected chi connectivity index (χ1v) is 8.34. The number of aryl methyl sites for hydroxylation is 1. The third-order valence-electron chi connectivity index (χ3n) is 3.84. The number of aliphatic imine (C=N–C) groups is 1. The summed E-state index contributed by atoms with van der Waals surface area (Å²) in [7, 11) is 1.67. The monoisotopic (exact) mass is 330 g/mol. The van der Waals surface area contributed by atoms with Crippen molar-refractivity contribution in [1.82, 2.24) is 9.88 Å². The Hall–Kier alpha value is -1.98. The van der Waals surface area contributed by atoms with Gasteiger partial charge in [-0.25, -0.2) is 0 Å². The Bertz CT molecular complexity index is 566. The molecule has 5 nitrogen and oxygen atoms in total. The number of hydrogen-bond acceptors (Lipinski definition) is 5. The van der Waals surface area contributed by atoms with E-state index in [1.54, 1.807) is 19.4 Å². The maximum Gasteiger partial charge on any atom is 0.115 e. The standard InChI is InChI=1S/C19H30N4O/c1-5-11-21-19(17(3)24-4)15-23(13-7-6-10-20)14-18-16(2)9-8-12-22-18/h5,8-9,11-12H,1,6-7,10,13-15,20H2,2-4H3/b19-17+,21-11-. The Labute approximate surface area is 145 Å². The van der Waals surface area contributed by atoms with Gasteiger partial charge < -0.3 is 10.5 Å². The van der Waals surface area contributed by atoms with Crippen molar-refractivity contribution in [2.75, 3.05) is 26.7 Å². The molecule has 132 valence electrons. The van der Waals surface area contributed by atoms with Gasteiger partial charge in [0.05, 0.1) is 18.5 Å². The number of hydrogen-bond donors (Lipinski definition) is 1. The van der Waals surface area contributed by atoms with E-state index in [0.29, 0.717) is 13.1 Å². The van der Waals surface area contributed by atoms with Crippen LogP contribution in [0.5, 0.6) is 0 Å². The molecule has 24 heavy (non-hydrogen) atoms. The number of nitrogens with two attached hydrogens (primary N) is 1. The van der Waals surface area contributed by atoms with E-state index >= 15 is 0 Å². The lowest BCUT2D eigenvalue weighted by Gasteiger charge is -2.23. The first-order chi connectivity index (χ1) is 11.6. The summed E-state index contributed by atoms with van der Waals surface area (Å²) in [5, 5.41) is 0. The summed E-state index contributed by atoms with van der Waals surface area (Å²) in [5.41, 5.74) is 8.82. The average Bonchev–Trinajstić information content (AvgIpc) is 2.59. The molecule has 0 bridgehead atoms. The molecule has 0 aliphatic heterocycles. The highest BCUT2D eigenvalue weighted by molar-refractivity contribution is 5.71. The van der Waals surface area contributed by atoms with Crippen LogP contribution in [0.4, 0.5) is 0 Å². The van der Waals surface area contributed by atoms with E-state index in [1.807, 2.05) is 19.2 Å². The van der Waals surface area contributed by atoms with E-state index in [9.17, 15) is 0 Å². The lowest BCUT2D eigenvalue weighted by Crippen LogP contribution is -2.28. The van der Waals surface area contributed by atoms with E-state index in [0.717, 1.165) is 43.1 Å². The Morgan fingerprint density at radius 2 is 2.25 bits per heavy atom. The van der Waals surface area contributed by atoms with Gasteiger partial charge in [0, 0.05) is 25.5 Å². The fourth-order valence-electron chi connectivity index (χ4n) is 2.30. The molecule has 1 heterocycles. The highest BCUT2D eigenvalue weighted by atomic mass is 16.5. The number of rotatable bonds is 11. The quantitative estimate of drug-likeness (QED) is 0.385. The van der Waals surface area contributed by atoms with Gasteiger partial charge in [-0.3, -0.25) is 14.9 Å². The lowest BCUT2D eigenvalue weighted by atomic mass is 10.2. The lowest BCUT2D eigenvalue weighted by molar-refractivity contribution is 0.255. The number of aromatic nitrogens is 1. The molecule has 0 radical (unpaired) electrons. The van der Waals surface area contributed by atoms with E-state index in [-0.39, 0.29) is 0 Å². The molecule has 1 aromatic rings. The highest BCUT2D eigenvalue weighted by Crippen LogP contribution is 2.14. The minimum absolute atomic E-state index is 0.699. The zero-order valence-electron chi connectivity index (χ0n) is 15.2. The van der Waals surface area contributed by atoms with Gasteiger partial charge >= 0.3 is 0 Å². The smallest absolute Gasteiger partial charge is 0.115 e. The second kappa shape index (κ2) is 11.5. The molecule has 0 fully saturated rings. The topological polar surface area (TPSA) is 63.7 Å². The molecule has 5 heteroatoms.